The maximum atomic E-state index is 11.9. The van der Waals surface area contributed by atoms with Gasteiger partial charge in [-0.25, -0.2) is 0 Å². The van der Waals surface area contributed by atoms with Gasteiger partial charge in [-0.15, -0.1) is 0 Å². The highest BCUT2D eigenvalue weighted by Gasteiger charge is 2.09. The standard InChI is InChI=1S/C11H16N2O3S/c1-9(12-2)7-8-17(16)11-5-3-10(4-6-11)13(14)15/h3-6,9,12H,7-8H2,1-2H3. The average molecular weight is 256 g/mol. The topological polar surface area (TPSA) is 72.2 Å². The summed E-state index contributed by atoms with van der Waals surface area (Å²) in [4.78, 5) is 10.6. The molecule has 0 aromatic heterocycles. The Bertz CT molecular complexity index is 406. The molecular formula is C11H16N2O3S. The zero-order chi connectivity index (χ0) is 12.8. The first-order valence-corrected chi connectivity index (χ1v) is 6.66. The van der Waals surface area contributed by atoms with Gasteiger partial charge in [-0.2, -0.15) is 0 Å². The molecule has 0 heterocycles. The van der Waals surface area contributed by atoms with Gasteiger partial charge in [0.15, 0.2) is 0 Å². The van der Waals surface area contributed by atoms with Gasteiger partial charge in [0, 0.05) is 28.8 Å². The number of non-ortho nitro benzene ring substituents is 1. The van der Waals surface area contributed by atoms with Crippen molar-refractivity contribution in [1.82, 2.24) is 5.32 Å². The molecule has 0 bridgehead atoms. The number of hydrogen-bond donors (Lipinski definition) is 1. The van der Waals surface area contributed by atoms with Crippen LogP contribution in [0.1, 0.15) is 13.3 Å². The Hall–Kier alpha value is -1.27. The molecule has 0 spiro atoms. The molecule has 0 radical (unpaired) electrons. The molecule has 0 saturated heterocycles. The molecule has 1 aromatic rings. The van der Waals surface area contributed by atoms with E-state index in [4.69, 9.17) is 0 Å². The van der Waals surface area contributed by atoms with Gasteiger partial charge in [0.05, 0.1) is 15.7 Å². The van der Waals surface area contributed by atoms with Gasteiger partial charge >= 0.3 is 0 Å². The Balaban J connectivity index is 2.61. The Kier molecular flexibility index (Phi) is 5.24. The first-order valence-electron chi connectivity index (χ1n) is 5.34. The van der Waals surface area contributed by atoms with Crippen LogP contribution in [-0.2, 0) is 10.8 Å². The van der Waals surface area contributed by atoms with E-state index in [0.717, 1.165) is 6.42 Å². The lowest BCUT2D eigenvalue weighted by Gasteiger charge is -2.09. The van der Waals surface area contributed by atoms with Crippen LogP contribution in [0.4, 0.5) is 5.69 Å². The van der Waals surface area contributed by atoms with Crippen molar-refractivity contribution in [2.75, 3.05) is 12.8 Å². The summed E-state index contributed by atoms with van der Waals surface area (Å²) < 4.78 is 11.9. The van der Waals surface area contributed by atoms with Crippen LogP contribution in [0.3, 0.4) is 0 Å². The maximum Gasteiger partial charge on any atom is 0.269 e. The molecule has 2 atom stereocenters. The molecule has 2 unspecified atom stereocenters. The third kappa shape index (κ3) is 4.24. The lowest BCUT2D eigenvalue weighted by Crippen LogP contribution is -2.23. The van der Waals surface area contributed by atoms with Crippen LogP contribution in [0.25, 0.3) is 0 Å². The number of nitrogens with one attached hydrogen (secondary N) is 1. The van der Waals surface area contributed by atoms with Crippen LogP contribution in [-0.4, -0.2) is 28.0 Å². The second-order valence-electron chi connectivity index (χ2n) is 3.78. The Morgan fingerprint density at radius 1 is 1.41 bits per heavy atom. The van der Waals surface area contributed by atoms with Crippen molar-refractivity contribution in [3.8, 4) is 0 Å². The van der Waals surface area contributed by atoms with Crippen LogP contribution < -0.4 is 5.32 Å². The quantitative estimate of drug-likeness (QED) is 0.621. The summed E-state index contributed by atoms with van der Waals surface area (Å²) in [5, 5.41) is 13.5. The van der Waals surface area contributed by atoms with Gasteiger partial charge in [-0.3, -0.25) is 14.3 Å². The number of nitrogens with zero attached hydrogens (tertiary/aromatic N) is 1. The molecule has 1 aromatic carbocycles. The fraction of sp³-hybridized carbons (Fsp3) is 0.455. The maximum absolute atomic E-state index is 11.9. The SMILES string of the molecule is CNC(C)CCS(=O)c1ccc([N+](=O)[O-])cc1. The van der Waals surface area contributed by atoms with Gasteiger partial charge in [0.1, 0.15) is 0 Å². The van der Waals surface area contributed by atoms with E-state index in [9.17, 15) is 14.3 Å². The van der Waals surface area contributed by atoms with E-state index in [2.05, 4.69) is 5.32 Å². The molecule has 6 heteroatoms. The Morgan fingerprint density at radius 3 is 2.47 bits per heavy atom. The zero-order valence-corrected chi connectivity index (χ0v) is 10.7. The minimum atomic E-state index is -1.09. The lowest BCUT2D eigenvalue weighted by atomic mass is 10.3. The largest absolute Gasteiger partial charge is 0.317 e. The monoisotopic (exact) mass is 256 g/mol. The van der Waals surface area contributed by atoms with E-state index in [0.29, 0.717) is 16.7 Å². The highest BCUT2D eigenvalue weighted by Crippen LogP contribution is 2.15. The summed E-state index contributed by atoms with van der Waals surface area (Å²) in [5.41, 5.74) is 0.0225. The van der Waals surface area contributed by atoms with Crippen molar-refractivity contribution in [3.05, 3.63) is 34.4 Å². The van der Waals surface area contributed by atoms with Gasteiger partial charge in [0.25, 0.3) is 5.69 Å². The third-order valence-corrected chi connectivity index (χ3v) is 3.94. The van der Waals surface area contributed by atoms with Gasteiger partial charge in [-0.1, -0.05) is 0 Å². The highest BCUT2D eigenvalue weighted by atomic mass is 32.2. The van der Waals surface area contributed by atoms with Crippen LogP contribution >= 0.6 is 0 Å². The molecule has 0 fully saturated rings. The lowest BCUT2D eigenvalue weighted by molar-refractivity contribution is -0.384. The molecule has 17 heavy (non-hydrogen) atoms. The average Bonchev–Trinajstić information content (AvgIpc) is 2.35. The number of hydrogen-bond acceptors (Lipinski definition) is 4. The summed E-state index contributed by atoms with van der Waals surface area (Å²) in [7, 11) is 0.771. The summed E-state index contributed by atoms with van der Waals surface area (Å²) in [6, 6.07) is 6.19. The molecule has 0 amide bonds. The molecule has 0 aliphatic rings. The van der Waals surface area contributed by atoms with E-state index in [1.165, 1.54) is 12.1 Å². The minimum absolute atomic E-state index is 0.0225. The summed E-state index contributed by atoms with van der Waals surface area (Å²) in [6.45, 7) is 2.02. The molecule has 0 aliphatic carbocycles. The molecule has 0 aliphatic heterocycles. The number of nitro benzene ring substituents is 1. The minimum Gasteiger partial charge on any atom is -0.317 e. The zero-order valence-electron chi connectivity index (χ0n) is 9.88. The van der Waals surface area contributed by atoms with Crippen molar-refractivity contribution in [3.63, 3.8) is 0 Å². The van der Waals surface area contributed by atoms with Crippen LogP contribution in [0.15, 0.2) is 29.2 Å². The highest BCUT2D eigenvalue weighted by molar-refractivity contribution is 7.85. The Labute approximate surface area is 103 Å². The number of rotatable bonds is 6. The fourth-order valence-corrected chi connectivity index (χ4v) is 2.51. The second-order valence-corrected chi connectivity index (χ2v) is 5.35. The van der Waals surface area contributed by atoms with Crippen LogP contribution in [0.5, 0.6) is 0 Å². The molecule has 94 valence electrons. The predicted octanol–water partition coefficient (Wildman–Crippen LogP) is 1.70. The van der Waals surface area contributed by atoms with Gasteiger partial charge in [-0.05, 0) is 32.5 Å². The first-order chi connectivity index (χ1) is 8.04. The van der Waals surface area contributed by atoms with Crippen molar-refractivity contribution >= 4 is 16.5 Å². The summed E-state index contributed by atoms with van der Waals surface area (Å²) in [5.74, 6) is 0.555. The summed E-state index contributed by atoms with van der Waals surface area (Å²) in [6.07, 6.45) is 0.806. The molecule has 0 saturated carbocycles. The van der Waals surface area contributed by atoms with E-state index < -0.39 is 15.7 Å². The smallest absolute Gasteiger partial charge is 0.269 e. The summed E-state index contributed by atoms with van der Waals surface area (Å²) >= 11 is 0. The van der Waals surface area contributed by atoms with Crippen molar-refractivity contribution < 1.29 is 9.13 Å². The molecule has 1 N–H and O–H groups in total. The second kappa shape index (κ2) is 6.46. The van der Waals surface area contributed by atoms with Crippen LogP contribution in [0.2, 0.25) is 0 Å². The molecular weight excluding hydrogens is 240 g/mol. The first kappa shape index (κ1) is 13.8. The number of benzene rings is 1. The fourth-order valence-electron chi connectivity index (χ4n) is 1.27. The van der Waals surface area contributed by atoms with Gasteiger partial charge < -0.3 is 5.32 Å². The normalized spacial score (nSPS) is 14.2. The van der Waals surface area contributed by atoms with Crippen molar-refractivity contribution in [1.29, 1.82) is 0 Å². The third-order valence-electron chi connectivity index (χ3n) is 2.54. The Morgan fingerprint density at radius 2 is 2.00 bits per heavy atom. The molecule has 5 nitrogen and oxygen atoms in total. The van der Waals surface area contributed by atoms with E-state index in [1.54, 1.807) is 12.1 Å². The van der Waals surface area contributed by atoms with Crippen molar-refractivity contribution in [2.24, 2.45) is 0 Å². The van der Waals surface area contributed by atoms with Crippen molar-refractivity contribution in [2.45, 2.75) is 24.3 Å². The predicted molar refractivity (Wildman–Crippen MR) is 67.5 cm³/mol. The van der Waals surface area contributed by atoms with Crippen LogP contribution in [0, 0.1) is 10.1 Å². The van der Waals surface area contributed by atoms with Gasteiger partial charge in [0.2, 0.25) is 0 Å². The van der Waals surface area contributed by atoms with E-state index in [-0.39, 0.29) is 5.69 Å². The number of nitro groups is 1. The van der Waals surface area contributed by atoms with E-state index in [1.807, 2.05) is 14.0 Å². The van der Waals surface area contributed by atoms with E-state index >= 15 is 0 Å². The molecule has 1 rings (SSSR count).